The van der Waals surface area contributed by atoms with Gasteiger partial charge >= 0.3 is 0 Å². The van der Waals surface area contributed by atoms with Crippen LogP contribution in [0.3, 0.4) is 0 Å². The molecule has 3 fully saturated rings. The van der Waals surface area contributed by atoms with Crippen molar-refractivity contribution in [1.82, 2.24) is 0 Å². The molecule has 7 atom stereocenters. The summed E-state index contributed by atoms with van der Waals surface area (Å²) in [6.07, 6.45) is 20.5. The third-order valence-electron chi connectivity index (χ3n) is 9.70. The lowest BCUT2D eigenvalue weighted by molar-refractivity contribution is 0.00669. The molecule has 0 spiro atoms. The first kappa shape index (κ1) is 19.4. The van der Waals surface area contributed by atoms with E-state index in [1.807, 2.05) is 0 Å². The van der Waals surface area contributed by atoms with Crippen LogP contribution in [0.1, 0.15) is 90.4 Å². The summed E-state index contributed by atoms with van der Waals surface area (Å²) in [6, 6.07) is 0. The molecular formula is C26H40O2. The molecule has 5 aliphatic rings. The van der Waals surface area contributed by atoms with Crippen molar-refractivity contribution >= 4 is 0 Å². The molecular weight excluding hydrogens is 344 g/mol. The molecule has 0 amide bonds. The van der Waals surface area contributed by atoms with Gasteiger partial charge in [0, 0.05) is 0 Å². The lowest BCUT2D eigenvalue weighted by Gasteiger charge is -2.53. The summed E-state index contributed by atoms with van der Waals surface area (Å²) < 4.78 is 0. The zero-order chi connectivity index (χ0) is 19.3. The predicted molar refractivity (Wildman–Crippen MR) is 114 cm³/mol. The van der Waals surface area contributed by atoms with Gasteiger partial charge in [-0.15, -0.1) is 0 Å². The Kier molecular flexibility index (Phi) is 5.24. The number of allylic oxidation sites excluding steroid dienone is 2. The average Bonchev–Trinajstić information content (AvgIpc) is 3.29. The topological polar surface area (TPSA) is 40.5 Å². The lowest BCUT2D eigenvalue weighted by atomic mass is 9.51. The fourth-order valence-electron chi connectivity index (χ4n) is 8.19. The molecule has 0 bridgehead atoms. The minimum absolute atomic E-state index is 0.0889. The molecule has 0 heterocycles. The molecule has 2 heteroatoms. The Bertz CT molecular complexity index is 643. The Balaban J connectivity index is 1.27. The zero-order valence-electron chi connectivity index (χ0n) is 17.8. The van der Waals surface area contributed by atoms with Gasteiger partial charge in [0.15, 0.2) is 0 Å². The Hall–Kier alpha value is -0.600. The first-order valence-electron chi connectivity index (χ1n) is 12.3. The van der Waals surface area contributed by atoms with E-state index in [9.17, 15) is 10.2 Å². The van der Waals surface area contributed by atoms with Crippen molar-refractivity contribution in [2.75, 3.05) is 0 Å². The highest BCUT2D eigenvalue weighted by Crippen LogP contribution is 2.62. The molecule has 0 radical (unpaired) electrons. The van der Waals surface area contributed by atoms with E-state index in [1.165, 1.54) is 57.8 Å². The molecule has 3 saturated carbocycles. The second kappa shape index (κ2) is 7.58. The van der Waals surface area contributed by atoms with Crippen molar-refractivity contribution in [1.29, 1.82) is 0 Å². The standard InChI is InChI=1S/C26H40O2/c1-26-13-12-23-22-10-8-20(27)15-18(22)6-9-24(23)25(26)11-7-19(26)16-21(28)14-17-4-2-3-5-17/h6-7,17,20-25,27-28H,2-5,8-16H2,1H3/t20-,21-,22-,23?,24+,25?,26+/m0/s1. The first-order valence-corrected chi connectivity index (χ1v) is 12.3. The number of aliphatic hydroxyl groups excluding tert-OH is 2. The molecule has 28 heavy (non-hydrogen) atoms. The van der Waals surface area contributed by atoms with Crippen LogP contribution in [0, 0.1) is 35.0 Å². The van der Waals surface area contributed by atoms with Gasteiger partial charge in [-0.25, -0.2) is 0 Å². The predicted octanol–water partition coefficient (Wildman–Crippen LogP) is 5.79. The van der Waals surface area contributed by atoms with Gasteiger partial charge in [-0.2, -0.15) is 0 Å². The van der Waals surface area contributed by atoms with Crippen LogP contribution in [0.25, 0.3) is 0 Å². The summed E-state index contributed by atoms with van der Waals surface area (Å²) in [5.41, 5.74) is 3.51. The smallest absolute Gasteiger partial charge is 0.0580 e. The summed E-state index contributed by atoms with van der Waals surface area (Å²) >= 11 is 0. The molecule has 0 saturated heterocycles. The highest BCUT2D eigenvalue weighted by atomic mass is 16.3. The van der Waals surface area contributed by atoms with Crippen molar-refractivity contribution < 1.29 is 10.2 Å². The van der Waals surface area contributed by atoms with E-state index in [-0.39, 0.29) is 12.2 Å². The van der Waals surface area contributed by atoms with Crippen LogP contribution in [0.2, 0.25) is 0 Å². The van der Waals surface area contributed by atoms with E-state index in [0.29, 0.717) is 5.41 Å². The maximum Gasteiger partial charge on any atom is 0.0580 e. The van der Waals surface area contributed by atoms with Gasteiger partial charge in [0.05, 0.1) is 12.2 Å². The summed E-state index contributed by atoms with van der Waals surface area (Å²) in [4.78, 5) is 0. The molecule has 2 N–H and O–H groups in total. The van der Waals surface area contributed by atoms with E-state index in [2.05, 4.69) is 19.1 Å². The fourth-order valence-corrected chi connectivity index (χ4v) is 8.19. The number of fused-ring (bicyclic) bond motifs is 5. The molecule has 5 aliphatic carbocycles. The van der Waals surface area contributed by atoms with E-state index in [4.69, 9.17) is 0 Å². The van der Waals surface area contributed by atoms with Crippen molar-refractivity contribution in [2.45, 2.75) is 103 Å². The lowest BCUT2D eigenvalue weighted by Crippen LogP contribution is -2.45. The van der Waals surface area contributed by atoms with Gasteiger partial charge in [-0.1, -0.05) is 55.9 Å². The maximum atomic E-state index is 10.8. The van der Waals surface area contributed by atoms with Crippen LogP contribution >= 0.6 is 0 Å². The Labute approximate surface area is 171 Å². The number of rotatable bonds is 4. The van der Waals surface area contributed by atoms with Gasteiger partial charge < -0.3 is 10.2 Å². The van der Waals surface area contributed by atoms with E-state index in [0.717, 1.165) is 55.3 Å². The summed E-state index contributed by atoms with van der Waals surface area (Å²) in [6.45, 7) is 2.53. The second-order valence-electron chi connectivity index (χ2n) is 11.2. The van der Waals surface area contributed by atoms with Gasteiger partial charge in [0.25, 0.3) is 0 Å². The van der Waals surface area contributed by atoms with E-state index in [1.54, 1.807) is 11.1 Å². The van der Waals surface area contributed by atoms with Crippen LogP contribution in [-0.4, -0.2) is 22.4 Å². The molecule has 0 aromatic heterocycles. The minimum atomic E-state index is -0.125. The van der Waals surface area contributed by atoms with Gasteiger partial charge in [0.1, 0.15) is 0 Å². The van der Waals surface area contributed by atoms with Crippen LogP contribution in [0.4, 0.5) is 0 Å². The second-order valence-corrected chi connectivity index (χ2v) is 11.2. The highest BCUT2D eigenvalue weighted by Gasteiger charge is 2.53. The molecule has 0 aliphatic heterocycles. The van der Waals surface area contributed by atoms with Crippen molar-refractivity contribution in [3.05, 3.63) is 23.3 Å². The van der Waals surface area contributed by atoms with Crippen LogP contribution in [0.15, 0.2) is 23.3 Å². The van der Waals surface area contributed by atoms with Gasteiger partial charge in [0.2, 0.25) is 0 Å². The zero-order valence-corrected chi connectivity index (χ0v) is 17.8. The average molecular weight is 385 g/mol. The Morgan fingerprint density at radius 1 is 1.04 bits per heavy atom. The Morgan fingerprint density at radius 3 is 2.68 bits per heavy atom. The van der Waals surface area contributed by atoms with Crippen LogP contribution in [-0.2, 0) is 0 Å². The fraction of sp³-hybridized carbons (Fsp3) is 0.846. The molecule has 156 valence electrons. The van der Waals surface area contributed by atoms with Gasteiger partial charge in [-0.05, 0) is 92.8 Å². The largest absolute Gasteiger partial charge is 0.393 e. The van der Waals surface area contributed by atoms with Gasteiger partial charge in [-0.3, -0.25) is 0 Å². The van der Waals surface area contributed by atoms with E-state index < -0.39 is 0 Å². The monoisotopic (exact) mass is 384 g/mol. The maximum absolute atomic E-state index is 10.8. The third kappa shape index (κ3) is 3.33. The molecule has 0 aromatic rings. The summed E-state index contributed by atoms with van der Waals surface area (Å²) in [5, 5.41) is 20.9. The molecule has 0 aromatic carbocycles. The number of hydrogen-bond acceptors (Lipinski definition) is 2. The summed E-state index contributed by atoms with van der Waals surface area (Å²) in [7, 11) is 0. The van der Waals surface area contributed by atoms with Crippen LogP contribution in [0.5, 0.6) is 0 Å². The molecule has 5 rings (SSSR count). The third-order valence-corrected chi connectivity index (χ3v) is 9.70. The molecule has 2 unspecified atom stereocenters. The minimum Gasteiger partial charge on any atom is -0.393 e. The van der Waals surface area contributed by atoms with Crippen LogP contribution < -0.4 is 0 Å². The highest BCUT2D eigenvalue weighted by molar-refractivity contribution is 5.28. The Morgan fingerprint density at radius 2 is 1.86 bits per heavy atom. The quantitative estimate of drug-likeness (QED) is 0.603. The first-order chi connectivity index (χ1) is 13.5. The van der Waals surface area contributed by atoms with Crippen molar-refractivity contribution in [3.8, 4) is 0 Å². The van der Waals surface area contributed by atoms with Crippen molar-refractivity contribution in [3.63, 3.8) is 0 Å². The summed E-state index contributed by atoms with van der Waals surface area (Å²) in [5.74, 6) is 3.98. The number of aliphatic hydroxyl groups is 2. The number of hydrogen-bond donors (Lipinski definition) is 2. The van der Waals surface area contributed by atoms with E-state index >= 15 is 0 Å². The van der Waals surface area contributed by atoms with Crippen molar-refractivity contribution in [2.24, 2.45) is 35.0 Å². The normalized spacial score (nSPS) is 44.3. The SMILES string of the molecule is C[C@]12CCC3[C@@H](CC=C4C[C@@H](O)CC[C@@H]43)C1CC=C2C[C@@H](O)CC1CCCC1. The molecule has 2 nitrogen and oxygen atoms in total.